The number of ether oxygens (including phenoxy) is 3. The summed E-state index contributed by atoms with van der Waals surface area (Å²) < 4.78 is 16.7. The third kappa shape index (κ3) is 4.88. The second-order valence-electron chi connectivity index (χ2n) is 7.15. The lowest BCUT2D eigenvalue weighted by atomic mass is 10.0. The van der Waals surface area contributed by atoms with Gasteiger partial charge in [-0.05, 0) is 36.4 Å². The Labute approximate surface area is 199 Å². The fourth-order valence-corrected chi connectivity index (χ4v) is 3.85. The minimum atomic E-state index is -0.606. The van der Waals surface area contributed by atoms with Crippen molar-refractivity contribution in [2.24, 2.45) is 0 Å². The molecule has 0 spiro atoms. The van der Waals surface area contributed by atoms with E-state index in [2.05, 4.69) is 20.9 Å². The molecule has 0 aliphatic heterocycles. The first-order valence-corrected chi connectivity index (χ1v) is 10.9. The Balaban J connectivity index is 1.62. The topological polar surface area (TPSA) is 74.7 Å². The Bertz CT molecular complexity index is 1350. The molecule has 6 nitrogen and oxygen atoms in total. The molecule has 0 unspecified atom stereocenters. The van der Waals surface area contributed by atoms with Crippen molar-refractivity contribution >= 4 is 38.6 Å². The molecule has 0 aliphatic carbocycles. The smallest absolute Gasteiger partial charge is 0.339 e. The molecular weight excluding hydrogens is 486 g/mol. The average Bonchev–Trinajstić information content (AvgIpc) is 2.85. The molecule has 33 heavy (non-hydrogen) atoms. The second kappa shape index (κ2) is 9.83. The molecule has 0 saturated heterocycles. The number of Topliss-reactive ketones (excluding diaryl/α,β-unsaturated/α-hetero) is 1. The van der Waals surface area contributed by atoms with Crippen molar-refractivity contribution in [3.8, 4) is 22.8 Å². The highest BCUT2D eigenvalue weighted by molar-refractivity contribution is 9.10. The Morgan fingerprint density at radius 3 is 2.45 bits per heavy atom. The summed E-state index contributed by atoms with van der Waals surface area (Å²) in [5.41, 5.74) is 2.78. The maximum atomic E-state index is 13.0. The van der Waals surface area contributed by atoms with Gasteiger partial charge >= 0.3 is 5.97 Å². The minimum Gasteiger partial charge on any atom is -0.497 e. The summed E-state index contributed by atoms with van der Waals surface area (Å²) in [6.45, 7) is -0.426. The third-order valence-corrected chi connectivity index (χ3v) is 5.59. The number of rotatable bonds is 7. The lowest BCUT2D eigenvalue weighted by Crippen LogP contribution is -2.15. The molecule has 0 saturated carbocycles. The van der Waals surface area contributed by atoms with E-state index < -0.39 is 12.6 Å². The van der Waals surface area contributed by atoms with Gasteiger partial charge in [-0.2, -0.15) is 0 Å². The number of aromatic nitrogens is 1. The molecule has 1 aromatic heterocycles. The number of ketones is 1. The van der Waals surface area contributed by atoms with Crippen LogP contribution in [0.25, 0.3) is 22.2 Å². The summed E-state index contributed by atoms with van der Waals surface area (Å²) >= 11 is 3.47. The van der Waals surface area contributed by atoms with Crippen LogP contribution in [0.3, 0.4) is 0 Å². The van der Waals surface area contributed by atoms with Crippen LogP contribution in [0.5, 0.6) is 11.5 Å². The molecule has 1 heterocycles. The van der Waals surface area contributed by atoms with Gasteiger partial charge in [-0.15, -0.1) is 0 Å². The van der Waals surface area contributed by atoms with E-state index in [4.69, 9.17) is 14.2 Å². The third-order valence-electron chi connectivity index (χ3n) is 5.10. The monoisotopic (exact) mass is 505 g/mol. The molecule has 4 rings (SSSR count). The number of carbonyl (C=O) groups is 2. The number of esters is 1. The lowest BCUT2D eigenvalue weighted by Gasteiger charge is -2.12. The van der Waals surface area contributed by atoms with Crippen LogP contribution in [0.2, 0.25) is 0 Å². The normalized spacial score (nSPS) is 10.6. The number of halogens is 1. The molecule has 0 aliphatic rings. The van der Waals surface area contributed by atoms with Crippen LogP contribution in [0, 0.1) is 0 Å². The van der Waals surface area contributed by atoms with Gasteiger partial charge in [0.15, 0.2) is 6.61 Å². The van der Waals surface area contributed by atoms with Gasteiger partial charge in [0.1, 0.15) is 11.5 Å². The van der Waals surface area contributed by atoms with E-state index in [9.17, 15) is 9.59 Å². The first-order chi connectivity index (χ1) is 16.0. The molecule has 7 heteroatoms. The summed E-state index contributed by atoms with van der Waals surface area (Å²) in [5, 5.41) is 0.649. The van der Waals surface area contributed by atoms with Gasteiger partial charge in [-0.1, -0.05) is 46.3 Å². The number of pyridine rings is 1. The number of para-hydroxylation sites is 1. The number of hydrogen-bond acceptors (Lipinski definition) is 6. The number of nitrogens with zero attached hydrogens (tertiary/aromatic N) is 1. The lowest BCUT2D eigenvalue weighted by molar-refractivity contribution is 0.0476. The summed E-state index contributed by atoms with van der Waals surface area (Å²) in [6, 6.07) is 21.5. The molecule has 0 radical (unpaired) electrons. The zero-order valence-electron chi connectivity index (χ0n) is 18.0. The van der Waals surface area contributed by atoms with Gasteiger partial charge < -0.3 is 14.2 Å². The van der Waals surface area contributed by atoms with Gasteiger partial charge in [0.25, 0.3) is 0 Å². The van der Waals surface area contributed by atoms with Gasteiger partial charge in [0.05, 0.1) is 36.6 Å². The fourth-order valence-electron chi connectivity index (χ4n) is 3.46. The average molecular weight is 506 g/mol. The van der Waals surface area contributed by atoms with Crippen molar-refractivity contribution in [2.75, 3.05) is 20.8 Å². The maximum Gasteiger partial charge on any atom is 0.339 e. The van der Waals surface area contributed by atoms with Crippen molar-refractivity contribution in [1.29, 1.82) is 0 Å². The molecular formula is C26H20BrNO5. The van der Waals surface area contributed by atoms with Gasteiger partial charge in [-0.25, -0.2) is 9.78 Å². The van der Waals surface area contributed by atoms with E-state index in [1.807, 2.05) is 42.5 Å². The van der Waals surface area contributed by atoms with Crippen LogP contribution in [-0.2, 0) is 4.74 Å². The number of fused-ring (bicyclic) bond motifs is 1. The van der Waals surface area contributed by atoms with Crippen molar-refractivity contribution < 1.29 is 23.8 Å². The molecule has 0 amide bonds. The first-order valence-electron chi connectivity index (χ1n) is 10.1. The maximum absolute atomic E-state index is 13.0. The Hall–Kier alpha value is -3.71. The summed E-state index contributed by atoms with van der Waals surface area (Å²) in [4.78, 5) is 30.5. The van der Waals surface area contributed by atoms with Crippen LogP contribution >= 0.6 is 15.9 Å². The molecule has 3 aromatic carbocycles. The van der Waals surface area contributed by atoms with Crippen LogP contribution in [0.15, 0.2) is 77.3 Å². The van der Waals surface area contributed by atoms with Gasteiger partial charge in [-0.3, -0.25) is 4.79 Å². The molecule has 4 aromatic rings. The number of carbonyl (C=O) groups excluding carboxylic acids is 2. The van der Waals surface area contributed by atoms with E-state index in [-0.39, 0.29) is 5.78 Å². The van der Waals surface area contributed by atoms with Crippen LogP contribution in [0.4, 0.5) is 0 Å². The number of methoxy groups -OCH3 is 2. The number of benzene rings is 3. The quantitative estimate of drug-likeness (QED) is 0.236. The molecule has 0 atom stereocenters. The first kappa shape index (κ1) is 22.5. The molecule has 166 valence electrons. The van der Waals surface area contributed by atoms with E-state index in [0.717, 1.165) is 10.0 Å². The fraction of sp³-hybridized carbons (Fsp3) is 0.115. The van der Waals surface area contributed by atoms with Crippen LogP contribution < -0.4 is 9.47 Å². The summed E-state index contributed by atoms with van der Waals surface area (Å²) in [7, 11) is 2.99. The van der Waals surface area contributed by atoms with Crippen LogP contribution in [-0.4, -0.2) is 37.6 Å². The largest absolute Gasteiger partial charge is 0.497 e. The second-order valence-corrected chi connectivity index (χ2v) is 8.06. The van der Waals surface area contributed by atoms with Crippen LogP contribution in [0.1, 0.15) is 20.7 Å². The zero-order chi connectivity index (χ0) is 23.4. The van der Waals surface area contributed by atoms with E-state index in [0.29, 0.717) is 39.2 Å². The number of hydrogen-bond donors (Lipinski definition) is 0. The molecule has 0 fully saturated rings. The van der Waals surface area contributed by atoms with Crippen molar-refractivity contribution in [1.82, 2.24) is 4.98 Å². The van der Waals surface area contributed by atoms with Gasteiger partial charge in [0.2, 0.25) is 5.78 Å². The predicted octanol–water partition coefficient (Wildman–Crippen LogP) is 5.72. The predicted molar refractivity (Wildman–Crippen MR) is 129 cm³/mol. The highest BCUT2D eigenvalue weighted by Gasteiger charge is 2.19. The molecule has 0 bridgehead atoms. The van der Waals surface area contributed by atoms with Crippen molar-refractivity contribution in [2.45, 2.75) is 0 Å². The van der Waals surface area contributed by atoms with Crippen molar-refractivity contribution in [3.63, 3.8) is 0 Å². The molecule has 0 N–H and O–H groups in total. The zero-order valence-corrected chi connectivity index (χ0v) is 19.6. The summed E-state index contributed by atoms with van der Waals surface area (Å²) in [6.07, 6.45) is 0. The Morgan fingerprint density at radius 1 is 0.879 bits per heavy atom. The Morgan fingerprint density at radius 2 is 1.70 bits per heavy atom. The van der Waals surface area contributed by atoms with E-state index >= 15 is 0 Å². The highest BCUT2D eigenvalue weighted by atomic mass is 79.9. The van der Waals surface area contributed by atoms with E-state index in [1.165, 1.54) is 14.2 Å². The standard InChI is InChI=1S/C26H20BrNO5/c1-31-18-10-11-20(25(13-18)32-2)24(29)15-33-26(30)21-14-23(16-6-5-7-17(27)12-16)28-22-9-4-3-8-19(21)22/h3-14H,15H2,1-2H3. The SMILES string of the molecule is COc1ccc(C(=O)COC(=O)c2cc(-c3cccc(Br)c3)nc3ccccc23)c(OC)c1. The van der Waals surface area contributed by atoms with Crippen molar-refractivity contribution in [3.05, 3.63) is 88.4 Å². The van der Waals surface area contributed by atoms with Gasteiger partial charge in [0, 0.05) is 21.5 Å². The van der Waals surface area contributed by atoms with E-state index in [1.54, 1.807) is 30.3 Å². The Kier molecular flexibility index (Phi) is 6.70. The minimum absolute atomic E-state index is 0.306. The summed E-state index contributed by atoms with van der Waals surface area (Å²) in [5.74, 6) is -0.0791. The highest BCUT2D eigenvalue weighted by Crippen LogP contribution is 2.28.